The van der Waals surface area contributed by atoms with Crippen LogP contribution in [0.2, 0.25) is 0 Å². The molecular weight excluding hydrogens is 356 g/mol. The van der Waals surface area contributed by atoms with Gasteiger partial charge in [0, 0.05) is 17.8 Å². The average Bonchev–Trinajstić information content (AvgIpc) is 2.94. The maximum atomic E-state index is 12.4. The number of nitrogens with one attached hydrogen (secondary N) is 2. The quantitative estimate of drug-likeness (QED) is 0.443. The van der Waals surface area contributed by atoms with Crippen LogP contribution >= 0.6 is 0 Å². The highest BCUT2D eigenvalue weighted by Gasteiger charge is 2.32. The molecule has 9 heteroatoms. The van der Waals surface area contributed by atoms with Crippen LogP contribution in [0.15, 0.2) is 33.8 Å². The Bertz CT molecular complexity index is 772. The minimum absolute atomic E-state index is 0.00326. The Kier molecular flexibility index (Phi) is 7.02. The van der Waals surface area contributed by atoms with E-state index in [4.69, 9.17) is 0 Å². The van der Waals surface area contributed by atoms with Gasteiger partial charge in [-0.2, -0.15) is 5.10 Å². The molecule has 1 aromatic carbocycles. The second-order valence-corrected chi connectivity index (χ2v) is 7.69. The fourth-order valence-corrected chi connectivity index (χ4v) is 3.89. The molecule has 2 rings (SSSR count). The first-order valence-corrected chi connectivity index (χ1v) is 9.46. The number of rotatable bonds is 6. The molecule has 0 saturated carbocycles. The Hall–Kier alpha value is -2.55. The third-order valence-corrected chi connectivity index (χ3v) is 5.35. The van der Waals surface area contributed by atoms with Crippen molar-refractivity contribution < 1.29 is 19.1 Å². The number of anilines is 1. The molecule has 1 saturated heterocycles. The predicted molar refractivity (Wildman–Crippen MR) is 101 cm³/mol. The first kappa shape index (κ1) is 19.8. The maximum absolute atomic E-state index is 12.4. The summed E-state index contributed by atoms with van der Waals surface area (Å²) in [6.45, 7) is 3.64. The molecule has 0 aromatic heterocycles. The molecule has 1 aromatic rings. The van der Waals surface area contributed by atoms with Gasteiger partial charge in [0.05, 0.1) is 19.4 Å². The van der Waals surface area contributed by atoms with Crippen LogP contribution in [0.25, 0.3) is 0 Å². The van der Waals surface area contributed by atoms with Gasteiger partial charge in [-0.15, -0.1) is 4.47 Å². The number of para-hydroxylation sites is 1. The maximum Gasteiger partial charge on any atom is 0.310 e. The standard InChI is InChI=1S/C17H22N4O4S/c1-11(2)20-21-26-10-18-17(24)14(26)9-15(22)19-13-7-5-4-6-12(13)8-16(23)25-3/h4-7,14H,8-10H2,1-3H3,(H,18,24)(H,19,22). The van der Waals surface area contributed by atoms with Crippen molar-refractivity contribution >= 4 is 39.9 Å². The molecule has 2 amide bonds. The Labute approximate surface area is 154 Å². The van der Waals surface area contributed by atoms with Crippen molar-refractivity contribution in [3.05, 3.63) is 29.8 Å². The molecule has 0 radical (unpaired) electrons. The van der Waals surface area contributed by atoms with E-state index in [1.807, 2.05) is 13.8 Å². The summed E-state index contributed by atoms with van der Waals surface area (Å²) in [4.78, 5) is 35.9. The lowest BCUT2D eigenvalue weighted by atomic mass is 10.1. The first-order chi connectivity index (χ1) is 12.4. The number of hydrogen-bond acceptors (Lipinski definition) is 5. The van der Waals surface area contributed by atoms with Crippen LogP contribution < -0.4 is 10.6 Å². The van der Waals surface area contributed by atoms with E-state index in [2.05, 4.69) is 24.9 Å². The van der Waals surface area contributed by atoms with Crippen LogP contribution in [-0.2, 0) is 36.2 Å². The van der Waals surface area contributed by atoms with Crippen LogP contribution in [0.1, 0.15) is 25.8 Å². The number of amides is 2. The third kappa shape index (κ3) is 5.48. The van der Waals surface area contributed by atoms with Gasteiger partial charge in [0.1, 0.15) is 5.25 Å². The Morgan fingerprint density at radius 1 is 1.35 bits per heavy atom. The minimum Gasteiger partial charge on any atom is -0.469 e. The summed E-state index contributed by atoms with van der Waals surface area (Å²) in [5.41, 5.74) is 1.97. The lowest BCUT2D eigenvalue weighted by molar-refractivity contribution is -0.139. The highest BCUT2D eigenvalue weighted by atomic mass is 32.2. The van der Waals surface area contributed by atoms with Crippen molar-refractivity contribution in [1.29, 1.82) is 0 Å². The SMILES string of the molecule is COC(=O)Cc1ccccc1NC(=O)CC1C(=O)NC/S1=N\N=C(C)C. The van der Waals surface area contributed by atoms with Gasteiger partial charge in [0.25, 0.3) is 0 Å². The number of benzene rings is 1. The van der Waals surface area contributed by atoms with Gasteiger partial charge in [-0.3, -0.25) is 14.4 Å². The van der Waals surface area contributed by atoms with Gasteiger partial charge in [-0.05, 0) is 36.2 Å². The summed E-state index contributed by atoms with van der Waals surface area (Å²) in [5, 5.41) is 8.98. The van der Waals surface area contributed by atoms with Crippen LogP contribution in [-0.4, -0.2) is 41.7 Å². The molecule has 140 valence electrons. The van der Waals surface area contributed by atoms with E-state index in [1.54, 1.807) is 24.3 Å². The highest BCUT2D eigenvalue weighted by molar-refractivity contribution is 7.89. The smallest absolute Gasteiger partial charge is 0.310 e. The number of esters is 1. The van der Waals surface area contributed by atoms with Crippen LogP contribution in [0.4, 0.5) is 5.69 Å². The topological polar surface area (TPSA) is 109 Å². The molecule has 1 fully saturated rings. The Balaban J connectivity index is 2.09. The largest absolute Gasteiger partial charge is 0.469 e. The van der Waals surface area contributed by atoms with Crippen molar-refractivity contribution in [2.24, 2.45) is 9.57 Å². The number of ether oxygens (including phenoxy) is 1. The molecule has 2 N–H and O–H groups in total. The van der Waals surface area contributed by atoms with Gasteiger partial charge in [0.15, 0.2) is 0 Å². The zero-order valence-corrected chi connectivity index (χ0v) is 15.8. The number of hydrogen-bond donors (Lipinski definition) is 2. The summed E-state index contributed by atoms with van der Waals surface area (Å²) in [5.74, 6) is -0.504. The molecule has 2 unspecified atom stereocenters. The zero-order valence-electron chi connectivity index (χ0n) is 14.9. The van der Waals surface area contributed by atoms with Crippen LogP contribution in [0.5, 0.6) is 0 Å². The van der Waals surface area contributed by atoms with E-state index in [-0.39, 0.29) is 24.7 Å². The second kappa shape index (κ2) is 9.23. The molecule has 1 aliphatic rings. The summed E-state index contributed by atoms with van der Waals surface area (Å²) >= 11 is 0. The summed E-state index contributed by atoms with van der Waals surface area (Å²) in [6, 6.07) is 6.99. The lowest BCUT2D eigenvalue weighted by Crippen LogP contribution is -2.29. The monoisotopic (exact) mass is 378 g/mol. The van der Waals surface area contributed by atoms with Gasteiger partial charge in [-0.25, -0.2) is 0 Å². The number of nitrogens with zero attached hydrogens (tertiary/aromatic N) is 2. The van der Waals surface area contributed by atoms with E-state index in [1.165, 1.54) is 7.11 Å². The number of carbonyl (C=O) groups is 3. The fraction of sp³-hybridized carbons (Fsp3) is 0.412. The second-order valence-electron chi connectivity index (χ2n) is 5.87. The van der Waals surface area contributed by atoms with Crippen molar-refractivity contribution in [2.45, 2.75) is 31.9 Å². The summed E-state index contributed by atoms with van der Waals surface area (Å²) in [7, 11) is 0.644. The van der Waals surface area contributed by atoms with Crippen molar-refractivity contribution in [3.63, 3.8) is 0 Å². The summed E-state index contributed by atoms with van der Waals surface area (Å²) in [6.07, 6.45) is 0.0599. The average molecular weight is 378 g/mol. The molecule has 1 heterocycles. The van der Waals surface area contributed by atoms with Crippen molar-refractivity contribution in [3.8, 4) is 0 Å². The number of methoxy groups -OCH3 is 1. The predicted octanol–water partition coefficient (Wildman–Crippen LogP) is 1.38. The number of carbonyl (C=O) groups excluding carboxylic acids is 3. The van der Waals surface area contributed by atoms with Gasteiger partial charge in [-0.1, -0.05) is 18.2 Å². The van der Waals surface area contributed by atoms with Crippen molar-refractivity contribution in [1.82, 2.24) is 5.32 Å². The molecule has 1 aliphatic heterocycles. The van der Waals surface area contributed by atoms with Crippen LogP contribution in [0.3, 0.4) is 0 Å². The first-order valence-electron chi connectivity index (χ1n) is 8.04. The van der Waals surface area contributed by atoms with E-state index >= 15 is 0 Å². The molecule has 2 atom stereocenters. The summed E-state index contributed by atoms with van der Waals surface area (Å²) < 4.78 is 8.84. The van der Waals surface area contributed by atoms with Gasteiger partial charge < -0.3 is 15.4 Å². The van der Waals surface area contributed by atoms with E-state index in [0.717, 1.165) is 5.71 Å². The Morgan fingerprint density at radius 3 is 2.77 bits per heavy atom. The lowest BCUT2D eigenvalue weighted by Gasteiger charge is -2.12. The minimum atomic E-state index is -0.668. The van der Waals surface area contributed by atoms with Gasteiger partial charge in [0.2, 0.25) is 11.8 Å². The Morgan fingerprint density at radius 2 is 2.08 bits per heavy atom. The highest BCUT2D eigenvalue weighted by Crippen LogP contribution is 2.18. The van der Waals surface area contributed by atoms with Crippen LogP contribution in [0, 0.1) is 0 Å². The van der Waals surface area contributed by atoms with Gasteiger partial charge >= 0.3 is 5.97 Å². The molecule has 0 bridgehead atoms. The van der Waals surface area contributed by atoms with E-state index in [0.29, 0.717) is 17.1 Å². The third-order valence-electron chi connectivity index (χ3n) is 3.59. The molecule has 26 heavy (non-hydrogen) atoms. The van der Waals surface area contributed by atoms with E-state index in [9.17, 15) is 14.4 Å². The normalized spacial score (nSPS) is 19.0. The molecule has 0 spiro atoms. The zero-order chi connectivity index (χ0) is 19.1. The molecule has 0 aliphatic carbocycles. The van der Waals surface area contributed by atoms with Crippen molar-refractivity contribution in [2.75, 3.05) is 18.3 Å². The molecular formula is C17H22N4O4S. The molecule has 8 nitrogen and oxygen atoms in total. The fourth-order valence-electron chi connectivity index (χ4n) is 2.29. The van der Waals surface area contributed by atoms with E-state index < -0.39 is 21.9 Å².